The number of ether oxygens (including phenoxy) is 4. The molecular weight excluding hydrogens is 1050 g/mol. The third-order valence-corrected chi connectivity index (χ3v) is 17.0. The minimum absolute atomic E-state index is 0.245. The topological polar surface area (TPSA) is 228 Å². The normalized spacial score (nSPS) is 24.0. The van der Waals surface area contributed by atoms with E-state index in [9.17, 15) is 45.6 Å². The van der Waals surface area contributed by atoms with Crippen LogP contribution in [0.1, 0.15) is 303 Å². The standard InChI is InChI=1S/C69H129NO13/c1-3-5-7-9-11-13-15-17-19-21-23-25-27-29-31-33-35-37-39-41-43-45-47-49-51-53-61(74)70-57(56-80-68-66(79)64(77)67(60(55-72)82-68)83-69-65(78)63(76)62(75)59(54-71)81-69)58(73)52-50-48-46-44-42-40-38-36-34-32-30-28-26-24-22-20-18-16-14-12-10-8-6-4-2/h21,23,42,44,50,52,57-60,62-69,71-73,75-79H,3-20,22,24-41,43,45-49,51,53-56H2,1-2H3,(H,70,74)/b23-21-,44-42+,52-50+. The summed E-state index contributed by atoms with van der Waals surface area (Å²) in [5.74, 6) is -0.245. The number of carbonyl (C=O) groups is 1. The van der Waals surface area contributed by atoms with Crippen molar-refractivity contribution in [1.82, 2.24) is 5.32 Å². The van der Waals surface area contributed by atoms with E-state index in [1.165, 1.54) is 238 Å². The van der Waals surface area contributed by atoms with E-state index in [4.69, 9.17) is 18.9 Å². The number of carbonyl (C=O) groups excluding carboxylic acids is 1. The number of aliphatic hydroxyl groups excluding tert-OH is 8. The molecule has 2 aliphatic heterocycles. The molecule has 488 valence electrons. The maximum absolute atomic E-state index is 13.3. The Morgan fingerprint density at radius 2 is 0.771 bits per heavy atom. The summed E-state index contributed by atoms with van der Waals surface area (Å²) in [5.41, 5.74) is 0. The number of hydrogen-bond acceptors (Lipinski definition) is 13. The molecule has 0 aromatic heterocycles. The van der Waals surface area contributed by atoms with Gasteiger partial charge in [-0.25, -0.2) is 0 Å². The summed E-state index contributed by atoms with van der Waals surface area (Å²) in [4.78, 5) is 13.3. The van der Waals surface area contributed by atoms with Crippen LogP contribution in [-0.2, 0) is 23.7 Å². The van der Waals surface area contributed by atoms with Crippen LogP contribution in [-0.4, -0.2) is 140 Å². The molecule has 2 rings (SSSR count). The lowest BCUT2D eigenvalue weighted by molar-refractivity contribution is -0.359. The van der Waals surface area contributed by atoms with Crippen molar-refractivity contribution in [3.63, 3.8) is 0 Å². The molecule has 1 amide bonds. The minimum atomic E-state index is -1.79. The van der Waals surface area contributed by atoms with Gasteiger partial charge in [-0.2, -0.15) is 0 Å². The van der Waals surface area contributed by atoms with E-state index < -0.39 is 86.8 Å². The molecule has 2 aliphatic rings. The first-order valence-corrected chi connectivity index (χ1v) is 34.7. The van der Waals surface area contributed by atoms with Crippen molar-refractivity contribution in [2.75, 3.05) is 19.8 Å². The zero-order chi connectivity index (χ0) is 60.2. The third-order valence-electron chi connectivity index (χ3n) is 17.0. The Morgan fingerprint density at radius 3 is 1.18 bits per heavy atom. The largest absolute Gasteiger partial charge is 0.394 e. The Kier molecular flexibility index (Phi) is 50.6. The lowest BCUT2D eigenvalue weighted by Crippen LogP contribution is -2.65. The molecule has 0 saturated carbocycles. The highest BCUT2D eigenvalue weighted by atomic mass is 16.7. The van der Waals surface area contributed by atoms with E-state index in [2.05, 4.69) is 43.5 Å². The number of unbranched alkanes of at least 4 members (excludes halogenated alkanes) is 40. The van der Waals surface area contributed by atoms with E-state index in [1.54, 1.807) is 6.08 Å². The first-order valence-electron chi connectivity index (χ1n) is 34.7. The highest BCUT2D eigenvalue weighted by Gasteiger charge is 2.51. The molecule has 14 nitrogen and oxygen atoms in total. The molecule has 12 unspecified atom stereocenters. The zero-order valence-corrected chi connectivity index (χ0v) is 53.0. The van der Waals surface area contributed by atoms with E-state index >= 15 is 0 Å². The summed E-state index contributed by atoms with van der Waals surface area (Å²) in [7, 11) is 0. The summed E-state index contributed by atoms with van der Waals surface area (Å²) >= 11 is 0. The number of allylic oxidation sites excluding steroid dienone is 5. The van der Waals surface area contributed by atoms with Crippen LogP contribution in [0.5, 0.6) is 0 Å². The van der Waals surface area contributed by atoms with Gasteiger partial charge in [0.1, 0.15) is 48.8 Å². The molecule has 83 heavy (non-hydrogen) atoms. The number of aliphatic hydroxyl groups is 8. The molecular formula is C69H129NO13. The Labute approximate surface area is 506 Å². The van der Waals surface area contributed by atoms with Crippen molar-refractivity contribution in [2.24, 2.45) is 0 Å². The van der Waals surface area contributed by atoms with Crippen LogP contribution in [0, 0.1) is 0 Å². The van der Waals surface area contributed by atoms with Crippen LogP contribution in [0.15, 0.2) is 36.5 Å². The quantitative estimate of drug-likeness (QED) is 0.0204. The maximum atomic E-state index is 13.3. The summed E-state index contributed by atoms with van der Waals surface area (Å²) in [5, 5.41) is 87.4. The Balaban J connectivity index is 1.71. The van der Waals surface area contributed by atoms with E-state index in [-0.39, 0.29) is 18.9 Å². The average molecular weight is 1180 g/mol. The summed E-state index contributed by atoms with van der Waals surface area (Å²) in [6.45, 7) is 2.83. The summed E-state index contributed by atoms with van der Waals surface area (Å²) in [6.07, 6.45) is 52.0. The van der Waals surface area contributed by atoms with Crippen molar-refractivity contribution in [3.05, 3.63) is 36.5 Å². The van der Waals surface area contributed by atoms with Crippen LogP contribution >= 0.6 is 0 Å². The predicted octanol–water partition coefficient (Wildman–Crippen LogP) is 13.7. The Morgan fingerprint density at radius 1 is 0.422 bits per heavy atom. The average Bonchev–Trinajstić information content (AvgIpc) is 3.65. The monoisotopic (exact) mass is 1180 g/mol. The molecule has 2 saturated heterocycles. The van der Waals surface area contributed by atoms with Crippen molar-refractivity contribution in [3.8, 4) is 0 Å². The first kappa shape index (κ1) is 77.3. The lowest BCUT2D eigenvalue weighted by atomic mass is 9.97. The second-order valence-corrected chi connectivity index (χ2v) is 24.6. The fraction of sp³-hybridized carbons (Fsp3) is 0.899. The molecule has 2 fully saturated rings. The van der Waals surface area contributed by atoms with Gasteiger partial charge >= 0.3 is 0 Å². The van der Waals surface area contributed by atoms with Crippen LogP contribution < -0.4 is 5.32 Å². The van der Waals surface area contributed by atoms with E-state index in [0.29, 0.717) is 12.8 Å². The SMILES string of the molecule is CCCCCCCCCC/C=C\CCCCCCCCCCCCCCCC(=O)NC(COC1OC(CO)C(OC2OC(CO)C(O)C(O)C2O)C(O)C1O)C(O)/C=C/CC/C=C/CCCCCCCCCCCCCCCCCCCC. The van der Waals surface area contributed by atoms with Gasteiger partial charge in [-0.05, 0) is 57.8 Å². The van der Waals surface area contributed by atoms with Crippen LogP contribution in [0.4, 0.5) is 0 Å². The van der Waals surface area contributed by atoms with Gasteiger partial charge in [0.2, 0.25) is 5.91 Å². The molecule has 0 radical (unpaired) electrons. The molecule has 0 aromatic rings. The summed E-state index contributed by atoms with van der Waals surface area (Å²) in [6, 6.07) is -0.932. The maximum Gasteiger partial charge on any atom is 0.220 e. The lowest BCUT2D eigenvalue weighted by Gasteiger charge is -2.46. The second-order valence-electron chi connectivity index (χ2n) is 24.6. The third kappa shape index (κ3) is 39.0. The van der Waals surface area contributed by atoms with E-state index in [0.717, 1.165) is 32.1 Å². The fourth-order valence-corrected chi connectivity index (χ4v) is 11.5. The predicted molar refractivity (Wildman–Crippen MR) is 337 cm³/mol. The van der Waals surface area contributed by atoms with Crippen molar-refractivity contribution in [2.45, 2.75) is 376 Å². The minimum Gasteiger partial charge on any atom is -0.394 e. The number of nitrogens with one attached hydrogen (secondary N) is 1. The van der Waals surface area contributed by atoms with Crippen LogP contribution in [0.3, 0.4) is 0 Å². The Hall–Kier alpha value is -1.79. The van der Waals surface area contributed by atoms with Crippen molar-refractivity contribution < 1.29 is 64.6 Å². The molecule has 12 atom stereocenters. The van der Waals surface area contributed by atoms with E-state index in [1.807, 2.05) is 6.08 Å². The van der Waals surface area contributed by atoms with Gasteiger partial charge < -0.3 is 65.1 Å². The van der Waals surface area contributed by atoms with Gasteiger partial charge in [0.05, 0.1) is 32.0 Å². The molecule has 0 spiro atoms. The van der Waals surface area contributed by atoms with Gasteiger partial charge in [-0.3, -0.25) is 4.79 Å². The molecule has 9 N–H and O–H groups in total. The van der Waals surface area contributed by atoms with Gasteiger partial charge in [-0.15, -0.1) is 0 Å². The fourth-order valence-electron chi connectivity index (χ4n) is 11.5. The highest BCUT2D eigenvalue weighted by Crippen LogP contribution is 2.30. The molecule has 0 aliphatic carbocycles. The first-order chi connectivity index (χ1) is 40.6. The second kappa shape index (κ2) is 54.4. The molecule has 2 heterocycles. The molecule has 0 bridgehead atoms. The van der Waals surface area contributed by atoms with Gasteiger partial charge in [0.15, 0.2) is 12.6 Å². The molecule has 0 aromatic carbocycles. The van der Waals surface area contributed by atoms with Crippen molar-refractivity contribution >= 4 is 5.91 Å². The smallest absolute Gasteiger partial charge is 0.220 e. The van der Waals surface area contributed by atoms with Crippen LogP contribution in [0.25, 0.3) is 0 Å². The molecule has 14 heteroatoms. The summed E-state index contributed by atoms with van der Waals surface area (Å²) < 4.78 is 22.8. The number of hydrogen-bond donors (Lipinski definition) is 9. The van der Waals surface area contributed by atoms with Gasteiger partial charge in [0, 0.05) is 6.42 Å². The Bertz CT molecular complexity index is 1530. The van der Waals surface area contributed by atoms with Gasteiger partial charge in [-0.1, -0.05) is 275 Å². The zero-order valence-electron chi connectivity index (χ0n) is 53.0. The van der Waals surface area contributed by atoms with Crippen molar-refractivity contribution in [1.29, 1.82) is 0 Å². The number of rotatable bonds is 57. The van der Waals surface area contributed by atoms with Gasteiger partial charge in [0.25, 0.3) is 0 Å². The highest BCUT2D eigenvalue weighted by molar-refractivity contribution is 5.76. The number of amides is 1. The van der Waals surface area contributed by atoms with Crippen LogP contribution in [0.2, 0.25) is 0 Å².